The molecule has 3 heterocycles. The molecule has 9 aromatic carbocycles. The summed E-state index contributed by atoms with van der Waals surface area (Å²) in [5, 5.41) is 7.37. The first-order valence-corrected chi connectivity index (χ1v) is 20.5. The summed E-state index contributed by atoms with van der Waals surface area (Å²) >= 11 is 1.87. The molecule has 0 radical (unpaired) electrons. The normalized spacial score (nSPS) is 11.8. The fourth-order valence-corrected chi connectivity index (χ4v) is 10.2. The number of rotatable bonds is 6. The number of para-hydroxylation sites is 4. The van der Waals surface area contributed by atoms with Crippen LogP contribution in [0.2, 0.25) is 0 Å². The molecule has 12 aromatic rings. The molecule has 3 aromatic heterocycles. The van der Waals surface area contributed by atoms with Crippen LogP contribution in [-0.4, -0.2) is 4.57 Å². The van der Waals surface area contributed by atoms with Crippen molar-refractivity contribution in [3.8, 4) is 27.9 Å². The van der Waals surface area contributed by atoms with Gasteiger partial charge in [0.05, 0.1) is 11.0 Å². The molecule has 0 bridgehead atoms. The quantitative estimate of drug-likeness (QED) is 0.168. The Bertz CT molecular complexity index is 3480. The predicted octanol–water partition coefficient (Wildman–Crippen LogP) is 15.9. The molecule has 0 saturated heterocycles. The summed E-state index contributed by atoms with van der Waals surface area (Å²) in [5.41, 5.74) is 13.2. The first-order valence-electron chi connectivity index (χ1n) is 19.7. The molecule has 4 heteroatoms. The summed E-state index contributed by atoms with van der Waals surface area (Å²) in [6, 6.07) is 74.4. The van der Waals surface area contributed by atoms with Crippen molar-refractivity contribution < 1.29 is 4.42 Å². The molecule has 0 aliphatic rings. The largest absolute Gasteiger partial charge is 0.455 e. The fraction of sp³-hybridized carbons (Fsp3) is 0. The summed E-state index contributed by atoms with van der Waals surface area (Å²) in [6.07, 6.45) is 0. The van der Waals surface area contributed by atoms with Gasteiger partial charge in [0.2, 0.25) is 0 Å². The fourth-order valence-electron chi connectivity index (χ4n) is 8.97. The Morgan fingerprint density at radius 1 is 0.397 bits per heavy atom. The number of hydrogen-bond acceptors (Lipinski definition) is 3. The summed E-state index contributed by atoms with van der Waals surface area (Å²) < 4.78 is 11.5. The van der Waals surface area contributed by atoms with Gasteiger partial charge in [-0.3, -0.25) is 0 Å². The van der Waals surface area contributed by atoms with Crippen molar-refractivity contribution in [2.75, 3.05) is 4.90 Å². The molecule has 0 aliphatic heterocycles. The highest BCUT2D eigenvalue weighted by Gasteiger charge is 2.19. The molecule has 0 N–H and O–H groups in total. The van der Waals surface area contributed by atoms with Gasteiger partial charge in [-0.25, -0.2) is 0 Å². The molecule has 0 fully saturated rings. The second-order valence-electron chi connectivity index (χ2n) is 14.9. The first kappa shape index (κ1) is 32.8. The monoisotopic (exact) mass is 758 g/mol. The molecule has 0 amide bonds. The number of aromatic nitrogens is 1. The SMILES string of the molecule is c1cc(-c2cccc3c2sc2ccccc23)cc(N(c2ccc(-c3cccc4c3oc3ccccc34)cc2)c2cccc(-n3c4ccccc4c4ccccc43)c2)c1. The molecule has 0 atom stereocenters. The van der Waals surface area contributed by atoms with E-state index >= 15 is 0 Å². The lowest BCUT2D eigenvalue weighted by molar-refractivity contribution is 0.670. The van der Waals surface area contributed by atoms with Crippen molar-refractivity contribution in [3.63, 3.8) is 0 Å². The maximum absolute atomic E-state index is 6.46. The van der Waals surface area contributed by atoms with Crippen molar-refractivity contribution in [3.05, 3.63) is 206 Å². The molecule has 0 saturated carbocycles. The van der Waals surface area contributed by atoms with Crippen LogP contribution in [0.3, 0.4) is 0 Å². The standard InChI is InChI=1S/C54H34N2OS/c1-5-25-49-43(17-1)44-18-2-6-26-50(44)56(49)40-16-10-15-39(34-40)55(37-31-29-35(30-32-37)41-21-11-23-47-45-19-3-7-27-51(45)57-53(41)47)38-14-9-13-36(33-38)42-22-12-24-48-46-20-4-8-28-52(46)58-54(42)48/h1-34H. The summed E-state index contributed by atoms with van der Waals surface area (Å²) in [5.74, 6) is 0. The number of furan rings is 1. The van der Waals surface area contributed by atoms with Crippen molar-refractivity contribution in [1.82, 2.24) is 4.57 Å². The minimum absolute atomic E-state index is 0.905. The van der Waals surface area contributed by atoms with Gasteiger partial charge in [-0.15, -0.1) is 11.3 Å². The van der Waals surface area contributed by atoms with Crippen LogP contribution in [0, 0.1) is 0 Å². The Morgan fingerprint density at radius 2 is 1.00 bits per heavy atom. The zero-order valence-electron chi connectivity index (χ0n) is 31.3. The molecule has 3 nitrogen and oxygen atoms in total. The van der Waals surface area contributed by atoms with E-state index in [1.807, 2.05) is 23.5 Å². The van der Waals surface area contributed by atoms with Crippen LogP contribution in [0.4, 0.5) is 17.1 Å². The van der Waals surface area contributed by atoms with Gasteiger partial charge in [-0.1, -0.05) is 140 Å². The molecule has 0 aliphatic carbocycles. The number of hydrogen-bond donors (Lipinski definition) is 0. The maximum Gasteiger partial charge on any atom is 0.143 e. The van der Waals surface area contributed by atoms with E-state index in [9.17, 15) is 0 Å². The van der Waals surface area contributed by atoms with E-state index in [2.05, 4.69) is 204 Å². The van der Waals surface area contributed by atoms with Gasteiger partial charge in [-0.2, -0.15) is 0 Å². The Balaban J connectivity index is 1.03. The lowest BCUT2D eigenvalue weighted by atomic mass is 10.0. The lowest BCUT2D eigenvalue weighted by Crippen LogP contribution is -2.10. The number of thiophene rings is 1. The highest BCUT2D eigenvalue weighted by atomic mass is 32.1. The number of nitrogens with zero attached hydrogens (tertiary/aromatic N) is 2. The molecule has 0 spiro atoms. The zero-order chi connectivity index (χ0) is 38.2. The Kier molecular flexibility index (Phi) is 7.40. The Hall–Kier alpha value is -7.40. The van der Waals surface area contributed by atoms with Crippen molar-refractivity contribution in [2.24, 2.45) is 0 Å². The maximum atomic E-state index is 6.46. The summed E-state index contributed by atoms with van der Waals surface area (Å²) in [6.45, 7) is 0. The van der Waals surface area contributed by atoms with E-state index in [-0.39, 0.29) is 0 Å². The molecular formula is C54H34N2OS. The van der Waals surface area contributed by atoms with Gasteiger partial charge < -0.3 is 13.9 Å². The van der Waals surface area contributed by atoms with Gasteiger partial charge >= 0.3 is 0 Å². The van der Waals surface area contributed by atoms with E-state index in [4.69, 9.17) is 4.42 Å². The number of benzene rings is 9. The average molecular weight is 759 g/mol. The van der Waals surface area contributed by atoms with Gasteiger partial charge in [-0.05, 0) is 83.4 Å². The van der Waals surface area contributed by atoms with Gasteiger partial charge in [0, 0.05) is 70.0 Å². The van der Waals surface area contributed by atoms with Crippen molar-refractivity contribution >= 4 is 92.3 Å². The van der Waals surface area contributed by atoms with Crippen molar-refractivity contribution in [2.45, 2.75) is 0 Å². The van der Waals surface area contributed by atoms with E-state index in [0.717, 1.165) is 55.8 Å². The van der Waals surface area contributed by atoms with Gasteiger partial charge in [0.25, 0.3) is 0 Å². The zero-order valence-corrected chi connectivity index (χ0v) is 32.2. The third-order valence-electron chi connectivity index (χ3n) is 11.6. The van der Waals surface area contributed by atoms with E-state index in [1.54, 1.807) is 0 Å². The molecule has 58 heavy (non-hydrogen) atoms. The lowest BCUT2D eigenvalue weighted by Gasteiger charge is -2.27. The van der Waals surface area contributed by atoms with E-state index in [1.165, 1.54) is 53.1 Å². The van der Waals surface area contributed by atoms with Crippen LogP contribution in [0.15, 0.2) is 211 Å². The van der Waals surface area contributed by atoms with Gasteiger partial charge in [0.15, 0.2) is 0 Å². The minimum Gasteiger partial charge on any atom is -0.455 e. The third kappa shape index (κ3) is 5.12. The smallest absolute Gasteiger partial charge is 0.143 e. The minimum atomic E-state index is 0.905. The molecular weight excluding hydrogens is 725 g/mol. The Labute approximate surface area is 338 Å². The van der Waals surface area contributed by atoms with Crippen LogP contribution in [-0.2, 0) is 0 Å². The average Bonchev–Trinajstić information content (AvgIpc) is 3.97. The second-order valence-corrected chi connectivity index (χ2v) is 15.9. The molecule has 12 rings (SSSR count). The topological polar surface area (TPSA) is 21.3 Å². The van der Waals surface area contributed by atoms with Crippen LogP contribution >= 0.6 is 11.3 Å². The summed E-state index contributed by atoms with van der Waals surface area (Å²) in [4.78, 5) is 2.39. The number of anilines is 3. The predicted molar refractivity (Wildman–Crippen MR) is 247 cm³/mol. The van der Waals surface area contributed by atoms with E-state index < -0.39 is 0 Å². The molecule has 0 unspecified atom stereocenters. The van der Waals surface area contributed by atoms with Crippen LogP contribution in [0.25, 0.3) is 91.9 Å². The second kappa shape index (κ2) is 13.1. The first-order chi connectivity index (χ1) is 28.8. The highest BCUT2D eigenvalue weighted by Crippen LogP contribution is 2.44. The van der Waals surface area contributed by atoms with Crippen LogP contribution in [0.5, 0.6) is 0 Å². The number of fused-ring (bicyclic) bond motifs is 9. The van der Waals surface area contributed by atoms with E-state index in [0.29, 0.717) is 0 Å². The van der Waals surface area contributed by atoms with Gasteiger partial charge in [0.1, 0.15) is 11.2 Å². The summed E-state index contributed by atoms with van der Waals surface area (Å²) in [7, 11) is 0. The highest BCUT2D eigenvalue weighted by molar-refractivity contribution is 7.26. The molecule has 272 valence electrons. The Morgan fingerprint density at radius 3 is 1.79 bits per heavy atom. The van der Waals surface area contributed by atoms with Crippen LogP contribution in [0.1, 0.15) is 0 Å². The third-order valence-corrected chi connectivity index (χ3v) is 12.8. The van der Waals surface area contributed by atoms with Crippen molar-refractivity contribution in [1.29, 1.82) is 0 Å². The van der Waals surface area contributed by atoms with Crippen LogP contribution < -0.4 is 4.90 Å².